The van der Waals surface area contributed by atoms with Crippen molar-refractivity contribution in [3.63, 3.8) is 0 Å². The van der Waals surface area contributed by atoms with Gasteiger partial charge in [0.25, 0.3) is 0 Å². The molecule has 0 bridgehead atoms. The Labute approximate surface area is 104 Å². The molecule has 1 aromatic heterocycles. The molecule has 0 aliphatic rings. The summed E-state index contributed by atoms with van der Waals surface area (Å²) in [4.78, 5) is 23.6. The Morgan fingerprint density at radius 2 is 1.94 bits per heavy atom. The second-order valence-electron chi connectivity index (χ2n) is 3.97. The second kappa shape index (κ2) is 4.87. The maximum atomic E-state index is 11.9. The Kier molecular flexibility index (Phi) is 3.28. The van der Waals surface area contributed by atoms with Gasteiger partial charge in [0.05, 0.1) is 18.2 Å². The first-order chi connectivity index (χ1) is 8.59. The van der Waals surface area contributed by atoms with Gasteiger partial charge >= 0.3 is 0 Å². The lowest BCUT2D eigenvalue weighted by Crippen LogP contribution is -2.08. The highest BCUT2D eigenvalue weighted by Crippen LogP contribution is 2.23. The summed E-state index contributed by atoms with van der Waals surface area (Å²) >= 11 is 0. The summed E-state index contributed by atoms with van der Waals surface area (Å²) in [7, 11) is 0. The van der Waals surface area contributed by atoms with Crippen molar-refractivity contribution in [3.8, 4) is 5.75 Å². The second-order valence-corrected chi connectivity index (χ2v) is 3.97. The van der Waals surface area contributed by atoms with E-state index in [0.717, 1.165) is 0 Å². The molecule has 0 amide bonds. The molecule has 0 spiro atoms. The highest BCUT2D eigenvalue weighted by molar-refractivity contribution is 6.13. The minimum Gasteiger partial charge on any atom is -0.507 e. The van der Waals surface area contributed by atoms with Crippen molar-refractivity contribution >= 4 is 11.6 Å². The maximum Gasteiger partial charge on any atom is 0.205 e. The van der Waals surface area contributed by atoms with Crippen molar-refractivity contribution in [2.75, 3.05) is 0 Å². The summed E-state index contributed by atoms with van der Waals surface area (Å²) in [6.07, 6.45) is 1.06. The molecule has 18 heavy (non-hydrogen) atoms. The fraction of sp³-hybridized carbons (Fsp3) is 0.143. The van der Waals surface area contributed by atoms with Crippen LogP contribution < -0.4 is 0 Å². The number of rotatable bonds is 4. The normalized spacial score (nSPS) is 10.3. The van der Waals surface area contributed by atoms with Gasteiger partial charge in [0, 0.05) is 0 Å². The summed E-state index contributed by atoms with van der Waals surface area (Å²) in [6.45, 7) is 1.69. The number of phenolic OH excluding ortho intramolecular Hbond substituents is 1. The lowest BCUT2D eigenvalue weighted by Gasteiger charge is -2.05. The van der Waals surface area contributed by atoms with Crippen LogP contribution in [0.5, 0.6) is 5.75 Å². The van der Waals surface area contributed by atoms with Crippen LogP contribution in [-0.2, 0) is 0 Å². The van der Waals surface area contributed by atoms with Gasteiger partial charge in [-0.3, -0.25) is 9.59 Å². The average molecular weight is 244 g/mol. The van der Waals surface area contributed by atoms with E-state index in [9.17, 15) is 14.7 Å². The van der Waals surface area contributed by atoms with Crippen LogP contribution >= 0.6 is 0 Å². The van der Waals surface area contributed by atoms with Crippen LogP contribution in [0.4, 0.5) is 0 Å². The van der Waals surface area contributed by atoms with Gasteiger partial charge in [0.15, 0.2) is 11.5 Å². The van der Waals surface area contributed by atoms with E-state index in [2.05, 4.69) is 0 Å². The first-order valence-corrected chi connectivity index (χ1v) is 5.48. The number of phenols is 1. The number of para-hydroxylation sites is 1. The predicted octanol–water partition coefficient (Wildman–Crippen LogP) is 2.75. The largest absolute Gasteiger partial charge is 0.507 e. The molecular formula is C14H12O4. The number of aryl methyl sites for hydroxylation is 1. The highest BCUT2D eigenvalue weighted by atomic mass is 16.3. The molecule has 0 aliphatic heterocycles. The summed E-state index contributed by atoms with van der Waals surface area (Å²) in [5, 5.41) is 9.76. The fourth-order valence-electron chi connectivity index (χ4n) is 1.65. The molecule has 0 fully saturated rings. The number of furan rings is 1. The molecule has 1 aromatic carbocycles. The molecule has 92 valence electrons. The van der Waals surface area contributed by atoms with Gasteiger partial charge < -0.3 is 9.52 Å². The zero-order valence-electron chi connectivity index (χ0n) is 9.84. The van der Waals surface area contributed by atoms with Gasteiger partial charge in [-0.1, -0.05) is 12.1 Å². The van der Waals surface area contributed by atoms with Crippen molar-refractivity contribution in [2.45, 2.75) is 13.3 Å². The van der Waals surface area contributed by atoms with Crippen LogP contribution in [0.2, 0.25) is 0 Å². The fourth-order valence-corrected chi connectivity index (χ4v) is 1.65. The molecule has 0 atom stereocenters. The smallest absolute Gasteiger partial charge is 0.205 e. The number of hydrogen-bond donors (Lipinski definition) is 1. The Morgan fingerprint density at radius 1 is 1.17 bits per heavy atom. The van der Waals surface area contributed by atoms with Crippen molar-refractivity contribution in [1.29, 1.82) is 0 Å². The topological polar surface area (TPSA) is 67.5 Å². The van der Waals surface area contributed by atoms with Gasteiger partial charge in [-0.2, -0.15) is 0 Å². The number of aromatic hydroxyl groups is 1. The van der Waals surface area contributed by atoms with Crippen LogP contribution in [0.1, 0.15) is 32.9 Å². The van der Waals surface area contributed by atoms with Crippen LogP contribution in [0, 0.1) is 6.92 Å². The summed E-state index contributed by atoms with van der Waals surface area (Å²) in [5.74, 6) is -0.742. The van der Waals surface area contributed by atoms with E-state index in [4.69, 9.17) is 4.42 Å². The number of ketones is 2. The average Bonchev–Trinajstić information content (AvgIpc) is 2.86. The van der Waals surface area contributed by atoms with E-state index < -0.39 is 11.6 Å². The number of Topliss-reactive ketones (excluding diaryl/α,β-unsaturated/α-hetero) is 2. The standard InChI is InChI=1S/C14H12O4/c1-9-4-2-5-10(14(9)17)11(15)8-12(16)13-6-3-7-18-13/h2-7,17H,8H2,1H3. The van der Waals surface area contributed by atoms with Gasteiger partial charge in [0.1, 0.15) is 5.75 Å². The highest BCUT2D eigenvalue weighted by Gasteiger charge is 2.18. The Morgan fingerprint density at radius 3 is 2.61 bits per heavy atom. The van der Waals surface area contributed by atoms with E-state index in [1.807, 2.05) is 0 Å². The molecule has 0 radical (unpaired) electrons. The molecule has 0 unspecified atom stereocenters. The number of carbonyl (C=O) groups is 2. The maximum absolute atomic E-state index is 11.9. The Balaban J connectivity index is 2.18. The van der Waals surface area contributed by atoms with Crippen LogP contribution in [0.3, 0.4) is 0 Å². The molecule has 4 nitrogen and oxygen atoms in total. The van der Waals surface area contributed by atoms with Crippen molar-refractivity contribution in [2.24, 2.45) is 0 Å². The first kappa shape index (κ1) is 12.1. The molecule has 1 N–H and O–H groups in total. The molecule has 4 heteroatoms. The molecular weight excluding hydrogens is 232 g/mol. The molecule has 0 saturated heterocycles. The van der Waals surface area contributed by atoms with Gasteiger partial charge in [0.2, 0.25) is 5.78 Å². The first-order valence-electron chi connectivity index (χ1n) is 5.48. The number of carbonyl (C=O) groups excluding carboxylic acids is 2. The van der Waals surface area contributed by atoms with Crippen molar-refractivity contribution in [3.05, 3.63) is 53.5 Å². The van der Waals surface area contributed by atoms with Gasteiger partial charge in [-0.05, 0) is 30.7 Å². The lowest BCUT2D eigenvalue weighted by molar-refractivity contribution is 0.0877. The van der Waals surface area contributed by atoms with E-state index in [1.165, 1.54) is 18.4 Å². The van der Waals surface area contributed by atoms with Crippen molar-refractivity contribution in [1.82, 2.24) is 0 Å². The lowest BCUT2D eigenvalue weighted by atomic mass is 10.0. The monoisotopic (exact) mass is 244 g/mol. The minimum absolute atomic E-state index is 0.0743. The van der Waals surface area contributed by atoms with E-state index in [0.29, 0.717) is 5.56 Å². The molecule has 1 heterocycles. The Hall–Kier alpha value is -2.36. The van der Waals surface area contributed by atoms with Crippen molar-refractivity contribution < 1.29 is 19.1 Å². The van der Waals surface area contributed by atoms with E-state index in [1.54, 1.807) is 25.1 Å². The summed E-state index contributed by atoms with van der Waals surface area (Å²) in [6, 6.07) is 7.95. The third kappa shape index (κ3) is 2.32. The minimum atomic E-state index is -0.419. The van der Waals surface area contributed by atoms with E-state index in [-0.39, 0.29) is 23.5 Å². The van der Waals surface area contributed by atoms with Crippen LogP contribution in [0.25, 0.3) is 0 Å². The molecule has 0 aliphatic carbocycles. The third-order valence-electron chi connectivity index (χ3n) is 2.66. The van der Waals surface area contributed by atoms with E-state index >= 15 is 0 Å². The van der Waals surface area contributed by atoms with Crippen LogP contribution in [-0.4, -0.2) is 16.7 Å². The predicted molar refractivity (Wildman–Crippen MR) is 64.8 cm³/mol. The summed E-state index contributed by atoms with van der Waals surface area (Å²) < 4.78 is 4.92. The number of benzene rings is 1. The third-order valence-corrected chi connectivity index (χ3v) is 2.66. The zero-order valence-corrected chi connectivity index (χ0v) is 9.84. The Bertz CT molecular complexity index is 582. The quantitative estimate of drug-likeness (QED) is 0.663. The van der Waals surface area contributed by atoms with Crippen LogP contribution in [0.15, 0.2) is 41.0 Å². The zero-order chi connectivity index (χ0) is 13.1. The SMILES string of the molecule is Cc1cccc(C(=O)CC(=O)c2ccco2)c1O. The molecule has 2 aromatic rings. The number of hydrogen-bond acceptors (Lipinski definition) is 4. The molecule has 0 saturated carbocycles. The van der Waals surface area contributed by atoms with Gasteiger partial charge in [-0.15, -0.1) is 0 Å². The van der Waals surface area contributed by atoms with Gasteiger partial charge in [-0.25, -0.2) is 0 Å². The molecule has 2 rings (SSSR count). The summed E-state index contributed by atoms with van der Waals surface area (Å²) in [5.41, 5.74) is 0.765.